The van der Waals surface area contributed by atoms with E-state index in [1.54, 1.807) is 0 Å². The van der Waals surface area contributed by atoms with Crippen LogP contribution in [0, 0.1) is 0 Å². The van der Waals surface area contributed by atoms with Gasteiger partial charge >= 0.3 is 7.82 Å². The molecule has 492 valence electrons. The van der Waals surface area contributed by atoms with Gasteiger partial charge in [-0.2, -0.15) is 0 Å². The number of unbranched alkanes of at least 4 members (excludes halogenated alkanes) is 42. The first kappa shape index (κ1) is 81.9. The number of hydrogen-bond acceptors (Lipinski definition) is 5. The fourth-order valence-corrected chi connectivity index (χ4v) is 11.6. The summed E-state index contributed by atoms with van der Waals surface area (Å²) in [7, 11) is 1.63. The van der Waals surface area contributed by atoms with Crippen molar-refractivity contribution in [3.63, 3.8) is 0 Å². The summed E-state index contributed by atoms with van der Waals surface area (Å²) in [6.07, 6.45) is 91.5. The van der Waals surface area contributed by atoms with Crippen LogP contribution in [-0.2, 0) is 18.4 Å². The molecule has 0 aliphatic heterocycles. The van der Waals surface area contributed by atoms with E-state index in [1.807, 2.05) is 21.1 Å². The number of amides is 1. The topological polar surface area (TPSA) is 105 Å². The van der Waals surface area contributed by atoms with Gasteiger partial charge in [0, 0.05) is 6.42 Å². The van der Waals surface area contributed by atoms with Crippen LogP contribution in [0.3, 0.4) is 0 Å². The van der Waals surface area contributed by atoms with Crippen molar-refractivity contribution < 1.29 is 32.9 Å². The Morgan fingerprint density at radius 1 is 0.417 bits per heavy atom. The number of likely N-dealkylation sites (N-methyl/N-ethyl adjacent to an activating group) is 1. The van der Waals surface area contributed by atoms with Crippen molar-refractivity contribution in [3.05, 3.63) is 72.9 Å². The average Bonchev–Trinajstić information content (AvgIpc) is 3.56. The number of carbonyl (C=O) groups excluding carboxylic acids is 1. The third-order valence-corrected chi connectivity index (χ3v) is 17.5. The summed E-state index contributed by atoms with van der Waals surface area (Å²) >= 11 is 0. The number of aliphatic hydroxyl groups is 1. The molecule has 0 saturated heterocycles. The van der Waals surface area contributed by atoms with Gasteiger partial charge in [-0.25, -0.2) is 4.57 Å². The van der Waals surface area contributed by atoms with E-state index in [0.29, 0.717) is 23.9 Å². The van der Waals surface area contributed by atoms with Gasteiger partial charge in [-0.05, 0) is 64.2 Å². The predicted octanol–water partition coefficient (Wildman–Crippen LogP) is 23.3. The van der Waals surface area contributed by atoms with Gasteiger partial charge in [-0.1, -0.05) is 350 Å². The summed E-state index contributed by atoms with van der Waals surface area (Å²) < 4.78 is 23.9. The van der Waals surface area contributed by atoms with Crippen LogP contribution in [0.25, 0.3) is 0 Å². The molecule has 0 saturated carbocycles. The third kappa shape index (κ3) is 67.4. The molecular weight excluding hydrogens is 1060 g/mol. The number of carbonyl (C=O) groups is 1. The number of quaternary nitrogens is 1. The number of phosphoric ester groups is 1. The van der Waals surface area contributed by atoms with E-state index in [9.17, 15) is 19.4 Å². The molecule has 0 aromatic rings. The van der Waals surface area contributed by atoms with E-state index < -0.39 is 20.0 Å². The van der Waals surface area contributed by atoms with E-state index in [0.717, 1.165) is 77.0 Å². The number of nitrogens with one attached hydrogen (secondary N) is 1. The Bertz CT molecular complexity index is 1600. The van der Waals surface area contributed by atoms with Crippen molar-refractivity contribution in [3.8, 4) is 0 Å². The highest BCUT2D eigenvalue weighted by molar-refractivity contribution is 7.47. The van der Waals surface area contributed by atoms with Crippen LogP contribution < -0.4 is 5.32 Å². The Balaban J connectivity index is 4.01. The second-order valence-corrected chi connectivity index (χ2v) is 27.4. The Hall–Kier alpha value is -2.06. The molecule has 0 fully saturated rings. The number of hydrogen-bond donors (Lipinski definition) is 3. The molecule has 3 N–H and O–H groups in total. The molecule has 0 aromatic carbocycles. The second kappa shape index (κ2) is 65.4. The minimum Gasteiger partial charge on any atom is -0.391 e. The number of nitrogens with zero attached hydrogens (tertiary/aromatic N) is 1. The van der Waals surface area contributed by atoms with Crippen molar-refractivity contribution >= 4 is 13.7 Å². The van der Waals surface area contributed by atoms with Crippen LogP contribution in [0.2, 0.25) is 0 Å². The molecule has 0 aliphatic rings. The average molecular weight is 1200 g/mol. The van der Waals surface area contributed by atoms with Gasteiger partial charge in [-0.15, -0.1) is 0 Å². The molecule has 0 bridgehead atoms. The van der Waals surface area contributed by atoms with Crippen molar-refractivity contribution in [2.75, 3.05) is 40.9 Å². The van der Waals surface area contributed by atoms with Gasteiger partial charge in [0.2, 0.25) is 5.91 Å². The summed E-state index contributed by atoms with van der Waals surface area (Å²) in [4.78, 5) is 23.5. The number of phosphoric acid groups is 1. The lowest BCUT2D eigenvalue weighted by atomic mass is 10.0. The lowest BCUT2D eigenvalue weighted by Crippen LogP contribution is -2.46. The Morgan fingerprint density at radius 2 is 0.714 bits per heavy atom. The van der Waals surface area contributed by atoms with Gasteiger partial charge in [0.1, 0.15) is 13.2 Å². The number of allylic oxidation sites excluding steroid dienone is 12. The second-order valence-electron chi connectivity index (χ2n) is 25.9. The fourth-order valence-electron chi connectivity index (χ4n) is 10.9. The van der Waals surface area contributed by atoms with E-state index >= 15 is 0 Å². The van der Waals surface area contributed by atoms with Gasteiger partial charge in [0.25, 0.3) is 0 Å². The standard InChI is InChI=1S/C75H141N2O6P/c1-6-8-10-12-14-16-18-20-22-24-26-28-30-32-34-35-36-37-38-39-40-41-43-45-47-49-51-53-55-57-59-61-63-65-67-69-75(79)76-73(72-83-84(80,81)82-71-70-77(3,4)5)74(78)68-66-64-62-60-58-56-54-52-50-48-46-44-42-33-31-29-27-25-23-21-19-17-15-13-11-9-7-2/h8,10,14,16,20,22,26,28,32,34,36-37,73-74,78H,6-7,9,11-13,15,17-19,21,23-25,27,29-31,33,35,38-72H2,1-5H3,(H-,76,79,80,81)/p+1/b10-8-,16-14-,22-20-,28-26-,34-32-,37-36-. The zero-order chi connectivity index (χ0) is 61.2. The Kier molecular flexibility index (Phi) is 63.8. The van der Waals surface area contributed by atoms with Gasteiger partial charge in [0.05, 0.1) is 39.9 Å². The molecule has 3 unspecified atom stereocenters. The Morgan fingerprint density at radius 3 is 1.05 bits per heavy atom. The molecule has 8 nitrogen and oxygen atoms in total. The quantitative estimate of drug-likeness (QED) is 0.0243. The number of aliphatic hydroxyl groups excluding tert-OH is 1. The maximum atomic E-state index is 13.1. The first-order chi connectivity index (χ1) is 41.0. The van der Waals surface area contributed by atoms with Crippen LogP contribution in [0.1, 0.15) is 348 Å². The highest BCUT2D eigenvalue weighted by Crippen LogP contribution is 2.43. The van der Waals surface area contributed by atoms with E-state index in [-0.39, 0.29) is 19.1 Å². The molecule has 0 aliphatic carbocycles. The van der Waals surface area contributed by atoms with Crippen LogP contribution in [0.15, 0.2) is 72.9 Å². The predicted molar refractivity (Wildman–Crippen MR) is 369 cm³/mol. The first-order valence-electron chi connectivity index (χ1n) is 36.3. The SMILES string of the molecule is CC/C=C\C/C=C\C/C=C\C/C=C\C/C=C\C/C=C\CCCCCCCCCCCCCCCCCCC(=O)NC(COP(=O)(O)OCC[N+](C)(C)C)C(O)CCCCCCCCCCCCCCCCCCCCCCCCCCCCC. The molecule has 9 heteroatoms. The molecule has 0 spiro atoms. The molecule has 84 heavy (non-hydrogen) atoms. The van der Waals surface area contributed by atoms with Crippen molar-refractivity contribution in [2.24, 2.45) is 0 Å². The zero-order valence-electron chi connectivity index (χ0n) is 56.4. The van der Waals surface area contributed by atoms with Gasteiger partial charge in [-0.3, -0.25) is 13.8 Å². The van der Waals surface area contributed by atoms with Crippen molar-refractivity contribution in [1.82, 2.24) is 5.32 Å². The monoisotopic (exact) mass is 1200 g/mol. The highest BCUT2D eigenvalue weighted by Gasteiger charge is 2.28. The normalized spacial score (nSPS) is 14.0. The summed E-state index contributed by atoms with van der Waals surface area (Å²) in [5.74, 6) is -0.140. The third-order valence-electron chi connectivity index (χ3n) is 16.5. The van der Waals surface area contributed by atoms with Crippen molar-refractivity contribution in [2.45, 2.75) is 360 Å². The van der Waals surface area contributed by atoms with E-state index in [4.69, 9.17) is 9.05 Å². The largest absolute Gasteiger partial charge is 0.472 e. The van der Waals surface area contributed by atoms with E-state index in [1.165, 1.54) is 244 Å². The maximum Gasteiger partial charge on any atom is 0.472 e. The minimum absolute atomic E-state index is 0.0743. The first-order valence-corrected chi connectivity index (χ1v) is 37.8. The maximum absolute atomic E-state index is 13.1. The molecule has 0 heterocycles. The molecule has 0 aromatic heterocycles. The summed E-state index contributed by atoms with van der Waals surface area (Å²) in [6, 6.07) is -0.765. The molecule has 0 rings (SSSR count). The van der Waals surface area contributed by atoms with E-state index in [2.05, 4.69) is 92.1 Å². The molecule has 0 radical (unpaired) electrons. The van der Waals surface area contributed by atoms with Gasteiger partial charge < -0.3 is 19.8 Å². The van der Waals surface area contributed by atoms with Gasteiger partial charge in [0.15, 0.2) is 0 Å². The smallest absolute Gasteiger partial charge is 0.391 e. The van der Waals surface area contributed by atoms with Crippen LogP contribution in [0.4, 0.5) is 0 Å². The van der Waals surface area contributed by atoms with Crippen LogP contribution in [0.5, 0.6) is 0 Å². The lowest BCUT2D eigenvalue weighted by molar-refractivity contribution is -0.870. The minimum atomic E-state index is -4.33. The molecule has 3 atom stereocenters. The summed E-state index contributed by atoms with van der Waals surface area (Å²) in [5, 5.41) is 14.2. The highest BCUT2D eigenvalue weighted by atomic mass is 31.2. The lowest BCUT2D eigenvalue weighted by Gasteiger charge is -2.26. The Labute approximate surface area is 523 Å². The molecular formula is C75H142N2O6P+. The molecule has 1 amide bonds. The zero-order valence-corrected chi connectivity index (χ0v) is 57.3. The van der Waals surface area contributed by atoms with Crippen LogP contribution >= 0.6 is 7.82 Å². The number of rotatable bonds is 67. The fraction of sp³-hybridized carbons (Fsp3) is 0.827. The summed E-state index contributed by atoms with van der Waals surface area (Å²) in [5.41, 5.74) is 0. The summed E-state index contributed by atoms with van der Waals surface area (Å²) in [6.45, 7) is 4.82. The van der Waals surface area contributed by atoms with Crippen molar-refractivity contribution in [1.29, 1.82) is 0 Å². The van der Waals surface area contributed by atoms with Crippen LogP contribution in [-0.4, -0.2) is 73.4 Å².